The zero-order chi connectivity index (χ0) is 15.1. The Morgan fingerprint density at radius 3 is 2.75 bits per heavy atom. The van der Waals surface area contributed by atoms with Crippen LogP contribution in [0.2, 0.25) is 0 Å². The van der Waals surface area contributed by atoms with Crippen molar-refractivity contribution in [2.24, 2.45) is 5.73 Å². The monoisotopic (exact) mass is 274 g/mol. The van der Waals surface area contributed by atoms with E-state index in [2.05, 4.69) is 11.8 Å². The molecule has 0 saturated carbocycles. The second-order valence-electron chi connectivity index (χ2n) is 4.76. The minimum atomic E-state index is -0.0176. The van der Waals surface area contributed by atoms with Gasteiger partial charge in [-0.2, -0.15) is 0 Å². The number of likely N-dealkylation sites (N-methyl/N-ethyl adjacent to an activating group) is 1. The number of hydrogen-bond acceptors (Lipinski definition) is 3. The summed E-state index contributed by atoms with van der Waals surface area (Å²) in [5.74, 6) is 5.79. The summed E-state index contributed by atoms with van der Waals surface area (Å²) in [4.78, 5) is 14.0. The molecule has 2 N–H and O–H groups in total. The molecule has 0 aliphatic heterocycles. The Morgan fingerprint density at radius 1 is 1.50 bits per heavy atom. The lowest BCUT2D eigenvalue weighted by atomic mass is 10.0. The van der Waals surface area contributed by atoms with Gasteiger partial charge in [0.15, 0.2) is 0 Å². The highest BCUT2D eigenvalue weighted by atomic mass is 16.5. The molecular formula is C16H22N2O2. The Labute approximate surface area is 120 Å². The first-order valence-electron chi connectivity index (χ1n) is 6.57. The number of aryl methyl sites for hydroxylation is 1. The molecule has 0 radical (unpaired) electrons. The molecule has 4 heteroatoms. The molecule has 1 rings (SSSR count). The molecule has 1 atom stereocenters. The minimum absolute atomic E-state index is 0.0176. The van der Waals surface area contributed by atoms with Crippen molar-refractivity contribution in [2.75, 3.05) is 27.3 Å². The molecule has 0 heterocycles. The quantitative estimate of drug-likeness (QED) is 0.845. The Balaban J connectivity index is 2.92. The Kier molecular flexibility index (Phi) is 6.23. The third kappa shape index (κ3) is 4.09. The van der Waals surface area contributed by atoms with E-state index in [-0.39, 0.29) is 11.9 Å². The van der Waals surface area contributed by atoms with E-state index in [1.54, 1.807) is 25.1 Å². The third-order valence-corrected chi connectivity index (χ3v) is 3.19. The second kappa shape index (κ2) is 7.68. The standard InChI is InChI=1S/C16H22N2O2/c1-12-10-15(8-7-14(12)6-5-9-17)16(19)18(3)13(2)11-20-4/h7-8,10,13H,9,11,17H2,1-4H3. The van der Waals surface area contributed by atoms with Crippen molar-refractivity contribution in [3.05, 3.63) is 34.9 Å². The van der Waals surface area contributed by atoms with Crippen LogP contribution in [0.25, 0.3) is 0 Å². The summed E-state index contributed by atoms with van der Waals surface area (Å²) >= 11 is 0. The fourth-order valence-corrected chi connectivity index (χ4v) is 1.84. The van der Waals surface area contributed by atoms with Crippen LogP contribution < -0.4 is 5.73 Å². The average molecular weight is 274 g/mol. The first-order chi connectivity index (χ1) is 9.51. The fraction of sp³-hybridized carbons (Fsp3) is 0.438. The maximum absolute atomic E-state index is 12.4. The van der Waals surface area contributed by atoms with Crippen molar-refractivity contribution in [1.82, 2.24) is 4.90 Å². The predicted octanol–water partition coefficient (Wildman–Crippen LogP) is 1.41. The summed E-state index contributed by atoms with van der Waals surface area (Å²) in [5.41, 5.74) is 7.90. The summed E-state index contributed by atoms with van der Waals surface area (Å²) in [5, 5.41) is 0. The lowest BCUT2D eigenvalue weighted by Crippen LogP contribution is -2.37. The molecule has 108 valence electrons. The normalized spacial score (nSPS) is 11.4. The van der Waals surface area contributed by atoms with Gasteiger partial charge in [-0.1, -0.05) is 11.8 Å². The molecule has 0 fully saturated rings. The topological polar surface area (TPSA) is 55.6 Å². The van der Waals surface area contributed by atoms with Crippen LogP contribution in [0.5, 0.6) is 0 Å². The number of amides is 1. The van der Waals surface area contributed by atoms with Gasteiger partial charge in [-0.25, -0.2) is 0 Å². The maximum Gasteiger partial charge on any atom is 0.253 e. The number of carbonyl (C=O) groups is 1. The molecule has 1 amide bonds. The van der Waals surface area contributed by atoms with Gasteiger partial charge >= 0.3 is 0 Å². The molecular weight excluding hydrogens is 252 g/mol. The van der Waals surface area contributed by atoms with Gasteiger partial charge in [0.1, 0.15) is 0 Å². The van der Waals surface area contributed by atoms with E-state index in [1.165, 1.54) is 0 Å². The number of ether oxygens (including phenoxy) is 1. The largest absolute Gasteiger partial charge is 0.383 e. The first-order valence-corrected chi connectivity index (χ1v) is 6.57. The number of hydrogen-bond donors (Lipinski definition) is 1. The van der Waals surface area contributed by atoms with Crippen molar-refractivity contribution >= 4 is 5.91 Å². The van der Waals surface area contributed by atoms with Crippen LogP contribution in [0.4, 0.5) is 0 Å². The Bertz CT molecular complexity index is 529. The number of methoxy groups -OCH3 is 1. The van der Waals surface area contributed by atoms with Gasteiger partial charge in [-0.05, 0) is 37.6 Å². The van der Waals surface area contributed by atoms with Gasteiger partial charge in [-0.3, -0.25) is 4.79 Å². The van der Waals surface area contributed by atoms with Gasteiger partial charge in [0.25, 0.3) is 5.91 Å². The molecule has 0 saturated heterocycles. The van der Waals surface area contributed by atoms with Crippen LogP contribution in [0.3, 0.4) is 0 Å². The summed E-state index contributed by atoms with van der Waals surface area (Å²) in [6, 6.07) is 5.55. The van der Waals surface area contributed by atoms with Crippen LogP contribution in [0.1, 0.15) is 28.4 Å². The van der Waals surface area contributed by atoms with Gasteiger partial charge in [0, 0.05) is 25.3 Å². The zero-order valence-corrected chi connectivity index (χ0v) is 12.6. The van der Waals surface area contributed by atoms with Crippen LogP contribution in [-0.4, -0.2) is 44.2 Å². The minimum Gasteiger partial charge on any atom is -0.383 e. The highest BCUT2D eigenvalue weighted by molar-refractivity contribution is 5.94. The Hall–Kier alpha value is -1.83. The number of nitrogens with zero attached hydrogens (tertiary/aromatic N) is 1. The number of carbonyl (C=O) groups excluding carboxylic acids is 1. The van der Waals surface area contributed by atoms with Crippen LogP contribution in [0, 0.1) is 18.8 Å². The molecule has 1 aromatic rings. The lowest BCUT2D eigenvalue weighted by molar-refractivity contribution is 0.0633. The van der Waals surface area contributed by atoms with E-state index < -0.39 is 0 Å². The molecule has 0 spiro atoms. The average Bonchev–Trinajstić information content (AvgIpc) is 2.44. The number of nitrogens with two attached hydrogens (primary N) is 1. The Morgan fingerprint density at radius 2 is 2.20 bits per heavy atom. The fourth-order valence-electron chi connectivity index (χ4n) is 1.84. The van der Waals surface area contributed by atoms with E-state index in [4.69, 9.17) is 10.5 Å². The second-order valence-corrected chi connectivity index (χ2v) is 4.76. The number of rotatable bonds is 4. The van der Waals surface area contributed by atoms with Crippen molar-refractivity contribution in [3.8, 4) is 11.8 Å². The van der Waals surface area contributed by atoms with E-state index in [0.717, 1.165) is 11.1 Å². The summed E-state index contributed by atoms with van der Waals surface area (Å²) in [6.45, 7) is 4.74. The summed E-state index contributed by atoms with van der Waals surface area (Å²) < 4.78 is 5.07. The van der Waals surface area contributed by atoms with Gasteiger partial charge in [0.05, 0.1) is 19.2 Å². The molecule has 0 aromatic heterocycles. The van der Waals surface area contributed by atoms with E-state index in [9.17, 15) is 4.79 Å². The van der Waals surface area contributed by atoms with Crippen molar-refractivity contribution in [3.63, 3.8) is 0 Å². The molecule has 4 nitrogen and oxygen atoms in total. The highest BCUT2D eigenvalue weighted by Gasteiger charge is 2.17. The smallest absolute Gasteiger partial charge is 0.253 e. The highest BCUT2D eigenvalue weighted by Crippen LogP contribution is 2.13. The van der Waals surface area contributed by atoms with Crippen molar-refractivity contribution in [1.29, 1.82) is 0 Å². The van der Waals surface area contributed by atoms with Crippen LogP contribution in [0.15, 0.2) is 18.2 Å². The summed E-state index contributed by atoms with van der Waals surface area (Å²) in [7, 11) is 3.41. The van der Waals surface area contributed by atoms with Crippen LogP contribution in [-0.2, 0) is 4.74 Å². The van der Waals surface area contributed by atoms with Gasteiger partial charge < -0.3 is 15.4 Å². The molecule has 1 aromatic carbocycles. The number of benzene rings is 1. The van der Waals surface area contributed by atoms with Gasteiger partial charge in [-0.15, -0.1) is 0 Å². The SMILES string of the molecule is COCC(C)N(C)C(=O)c1ccc(C#CCN)c(C)c1. The van der Waals surface area contributed by atoms with E-state index >= 15 is 0 Å². The van der Waals surface area contributed by atoms with Crippen molar-refractivity contribution in [2.45, 2.75) is 19.9 Å². The van der Waals surface area contributed by atoms with Gasteiger partial charge in [0.2, 0.25) is 0 Å². The first kappa shape index (κ1) is 16.2. The lowest BCUT2D eigenvalue weighted by Gasteiger charge is -2.24. The molecule has 1 unspecified atom stereocenters. The maximum atomic E-state index is 12.4. The van der Waals surface area contributed by atoms with E-state index in [1.807, 2.05) is 26.0 Å². The van der Waals surface area contributed by atoms with Crippen LogP contribution >= 0.6 is 0 Å². The molecule has 0 bridgehead atoms. The predicted molar refractivity (Wildman–Crippen MR) is 80.5 cm³/mol. The summed E-state index contributed by atoms with van der Waals surface area (Å²) in [6.07, 6.45) is 0. The zero-order valence-electron chi connectivity index (χ0n) is 12.6. The molecule has 0 aliphatic rings. The van der Waals surface area contributed by atoms with E-state index in [0.29, 0.717) is 18.7 Å². The third-order valence-electron chi connectivity index (χ3n) is 3.19. The molecule has 0 aliphatic carbocycles. The molecule has 20 heavy (non-hydrogen) atoms. The van der Waals surface area contributed by atoms with Crippen molar-refractivity contribution < 1.29 is 9.53 Å².